The highest BCUT2D eigenvalue weighted by Gasteiger charge is 2.19. The lowest BCUT2D eigenvalue weighted by Gasteiger charge is -2.20. The Kier molecular flexibility index (Phi) is 5.90. The zero-order chi connectivity index (χ0) is 27.9. The summed E-state index contributed by atoms with van der Waals surface area (Å²) < 4.78 is 0. The van der Waals surface area contributed by atoms with Crippen molar-refractivity contribution in [3.8, 4) is 44.5 Å². The Morgan fingerprint density at radius 2 is 0.786 bits per heavy atom. The van der Waals surface area contributed by atoms with Gasteiger partial charge in [0.15, 0.2) is 0 Å². The zero-order valence-electron chi connectivity index (χ0n) is 23.2. The van der Waals surface area contributed by atoms with Gasteiger partial charge in [0, 0.05) is 0 Å². The summed E-state index contributed by atoms with van der Waals surface area (Å²) in [5.74, 6) is 0. The van der Waals surface area contributed by atoms with Crippen LogP contribution in [0.3, 0.4) is 0 Å². The molecule has 0 bridgehead atoms. The number of rotatable bonds is 4. The second-order valence-corrected chi connectivity index (χ2v) is 10.9. The van der Waals surface area contributed by atoms with Gasteiger partial charge in [-0.3, -0.25) is 0 Å². The fourth-order valence-corrected chi connectivity index (χ4v) is 6.53. The zero-order valence-corrected chi connectivity index (χ0v) is 23.2. The van der Waals surface area contributed by atoms with Crippen molar-refractivity contribution >= 4 is 32.3 Å². The van der Waals surface area contributed by atoms with E-state index < -0.39 is 0 Å². The van der Waals surface area contributed by atoms with E-state index in [0.717, 1.165) is 0 Å². The molecule has 0 radical (unpaired) electrons. The lowest BCUT2D eigenvalue weighted by Crippen LogP contribution is -1.93. The van der Waals surface area contributed by atoms with Gasteiger partial charge in [0.05, 0.1) is 0 Å². The van der Waals surface area contributed by atoms with E-state index in [9.17, 15) is 0 Å². The number of benzene rings is 8. The molecule has 0 atom stereocenters. The highest BCUT2D eigenvalue weighted by molar-refractivity contribution is 6.22. The quantitative estimate of drug-likeness (QED) is 0.198. The minimum Gasteiger partial charge on any atom is -0.0622 e. The molecule has 0 aliphatic carbocycles. The van der Waals surface area contributed by atoms with Gasteiger partial charge in [-0.1, -0.05) is 158 Å². The Balaban J connectivity index is 1.47. The molecule has 8 aromatic rings. The van der Waals surface area contributed by atoms with Gasteiger partial charge in [-0.15, -0.1) is 0 Å². The normalized spacial score (nSPS) is 11.3. The topological polar surface area (TPSA) is 0 Å². The Hall–Kier alpha value is -5.46. The number of hydrogen-bond donors (Lipinski definition) is 0. The van der Waals surface area contributed by atoms with E-state index in [4.69, 9.17) is 0 Å². The van der Waals surface area contributed by atoms with Crippen LogP contribution in [-0.2, 0) is 0 Å². The average molecular weight is 533 g/mol. The molecule has 0 aliphatic rings. The summed E-state index contributed by atoms with van der Waals surface area (Å²) in [6.07, 6.45) is 0. The first kappa shape index (κ1) is 24.3. The summed E-state index contributed by atoms with van der Waals surface area (Å²) in [7, 11) is 0. The van der Waals surface area contributed by atoms with Crippen LogP contribution in [0.2, 0.25) is 0 Å². The minimum absolute atomic E-state index is 1.22. The van der Waals surface area contributed by atoms with Crippen LogP contribution in [0.5, 0.6) is 0 Å². The first-order valence-electron chi connectivity index (χ1n) is 14.5. The largest absolute Gasteiger partial charge is 0.0622 e. The first-order chi connectivity index (χ1) is 20.8. The van der Waals surface area contributed by atoms with Crippen molar-refractivity contribution in [3.05, 3.63) is 170 Å². The average Bonchev–Trinajstić information content (AvgIpc) is 3.08. The van der Waals surface area contributed by atoms with E-state index in [1.54, 1.807) is 0 Å². The molecule has 0 heteroatoms. The predicted molar refractivity (Wildman–Crippen MR) is 181 cm³/mol. The van der Waals surface area contributed by atoms with Crippen molar-refractivity contribution < 1.29 is 0 Å². The fourth-order valence-electron chi connectivity index (χ4n) is 6.53. The third-order valence-corrected chi connectivity index (χ3v) is 8.45. The molecule has 0 saturated carbocycles. The molecular formula is C42H28. The molecular weight excluding hydrogens is 504 g/mol. The molecule has 0 N–H and O–H groups in total. The molecule has 0 aromatic heterocycles. The first-order valence-corrected chi connectivity index (χ1v) is 14.5. The second-order valence-electron chi connectivity index (χ2n) is 10.9. The molecule has 42 heavy (non-hydrogen) atoms. The van der Waals surface area contributed by atoms with Crippen LogP contribution < -0.4 is 0 Å². The second kappa shape index (κ2) is 10.2. The van der Waals surface area contributed by atoms with E-state index in [1.165, 1.54) is 76.8 Å². The van der Waals surface area contributed by atoms with Crippen LogP contribution >= 0.6 is 0 Å². The lowest BCUT2D eigenvalue weighted by molar-refractivity contribution is 1.61. The summed E-state index contributed by atoms with van der Waals surface area (Å²) in [6.45, 7) is 0. The van der Waals surface area contributed by atoms with Gasteiger partial charge < -0.3 is 0 Å². The molecule has 0 heterocycles. The smallest absolute Gasteiger partial charge is 0.00201 e. The maximum Gasteiger partial charge on any atom is -0.00201 e. The molecule has 0 saturated heterocycles. The van der Waals surface area contributed by atoms with Crippen LogP contribution in [0.1, 0.15) is 0 Å². The predicted octanol–water partition coefficient (Wildman–Crippen LogP) is 11.8. The Morgan fingerprint density at radius 1 is 0.238 bits per heavy atom. The highest BCUT2D eigenvalue weighted by atomic mass is 14.2. The standard InChI is InChI=1S/C42H28/c1-3-13-29(14-4-1)32-25-26-38-37-22-9-10-23-39(37)42(41(40(38)28-32)31-16-5-2-6-17-31)34-20-11-19-33(27-34)36-24-12-18-30-15-7-8-21-35(30)36/h1-28H. The van der Waals surface area contributed by atoms with Crippen molar-refractivity contribution in [2.45, 2.75) is 0 Å². The summed E-state index contributed by atoms with van der Waals surface area (Å²) in [6, 6.07) is 61.8. The Bertz CT molecular complexity index is 2220. The number of fused-ring (bicyclic) bond motifs is 4. The molecule has 8 aromatic carbocycles. The van der Waals surface area contributed by atoms with Crippen molar-refractivity contribution in [1.29, 1.82) is 0 Å². The van der Waals surface area contributed by atoms with Gasteiger partial charge in [-0.05, 0) is 89.0 Å². The molecule has 0 unspecified atom stereocenters. The minimum atomic E-state index is 1.22. The third-order valence-electron chi connectivity index (χ3n) is 8.45. The van der Waals surface area contributed by atoms with Crippen molar-refractivity contribution in [2.75, 3.05) is 0 Å². The fraction of sp³-hybridized carbons (Fsp3) is 0. The van der Waals surface area contributed by atoms with Gasteiger partial charge in [-0.25, -0.2) is 0 Å². The van der Waals surface area contributed by atoms with E-state index in [1.807, 2.05) is 0 Å². The van der Waals surface area contributed by atoms with Crippen LogP contribution in [0.25, 0.3) is 76.8 Å². The summed E-state index contributed by atoms with van der Waals surface area (Å²) in [5.41, 5.74) is 9.94. The highest BCUT2D eigenvalue weighted by Crippen LogP contribution is 2.46. The van der Waals surface area contributed by atoms with E-state index in [-0.39, 0.29) is 0 Å². The molecule has 0 amide bonds. The van der Waals surface area contributed by atoms with Crippen LogP contribution in [0.15, 0.2) is 170 Å². The van der Waals surface area contributed by atoms with Crippen LogP contribution in [0, 0.1) is 0 Å². The summed E-state index contributed by atoms with van der Waals surface area (Å²) in [5, 5.41) is 7.62. The van der Waals surface area contributed by atoms with Gasteiger partial charge in [-0.2, -0.15) is 0 Å². The van der Waals surface area contributed by atoms with E-state index in [2.05, 4.69) is 170 Å². The van der Waals surface area contributed by atoms with Gasteiger partial charge in [0.25, 0.3) is 0 Å². The van der Waals surface area contributed by atoms with Gasteiger partial charge >= 0.3 is 0 Å². The van der Waals surface area contributed by atoms with E-state index in [0.29, 0.717) is 0 Å². The van der Waals surface area contributed by atoms with Gasteiger partial charge in [0.1, 0.15) is 0 Å². The Labute approximate surface area is 246 Å². The SMILES string of the molecule is c1ccc(-c2ccc3c(c2)c(-c2ccccc2)c(-c2cccc(-c4cccc5ccccc45)c2)c2ccccc23)cc1. The van der Waals surface area contributed by atoms with Crippen molar-refractivity contribution in [1.82, 2.24) is 0 Å². The third kappa shape index (κ3) is 4.08. The molecule has 0 nitrogen and oxygen atoms in total. The molecule has 0 aliphatic heterocycles. The summed E-state index contributed by atoms with van der Waals surface area (Å²) >= 11 is 0. The molecule has 0 spiro atoms. The van der Waals surface area contributed by atoms with Crippen molar-refractivity contribution in [3.63, 3.8) is 0 Å². The maximum absolute atomic E-state index is 2.39. The van der Waals surface area contributed by atoms with Gasteiger partial charge in [0.2, 0.25) is 0 Å². The van der Waals surface area contributed by atoms with E-state index >= 15 is 0 Å². The molecule has 8 rings (SSSR count). The number of hydrogen-bond acceptors (Lipinski definition) is 0. The maximum atomic E-state index is 2.39. The molecule has 0 fully saturated rings. The van der Waals surface area contributed by atoms with Crippen LogP contribution in [0.4, 0.5) is 0 Å². The lowest BCUT2D eigenvalue weighted by atomic mass is 9.83. The van der Waals surface area contributed by atoms with Crippen LogP contribution in [-0.4, -0.2) is 0 Å². The Morgan fingerprint density at radius 3 is 1.60 bits per heavy atom. The molecule has 196 valence electrons. The van der Waals surface area contributed by atoms with Crippen molar-refractivity contribution in [2.24, 2.45) is 0 Å². The monoisotopic (exact) mass is 532 g/mol. The summed E-state index contributed by atoms with van der Waals surface area (Å²) in [4.78, 5) is 0.